The van der Waals surface area contributed by atoms with E-state index in [4.69, 9.17) is 5.84 Å². The van der Waals surface area contributed by atoms with Crippen molar-refractivity contribution in [2.45, 2.75) is 31.8 Å². The Labute approximate surface area is 112 Å². The number of hydrogen-bond donors (Lipinski definition) is 3. The number of carbonyl (C=O) groups is 1. The Kier molecular flexibility index (Phi) is 4.01. The monoisotopic (exact) mass is 264 g/mol. The Hall–Kier alpha value is -1.66. The lowest BCUT2D eigenvalue weighted by molar-refractivity contribution is 0.0438. The second kappa shape index (κ2) is 5.54. The Morgan fingerprint density at radius 1 is 1.47 bits per heavy atom. The first-order chi connectivity index (χ1) is 9.02. The Morgan fingerprint density at radius 2 is 2.26 bits per heavy atom. The van der Waals surface area contributed by atoms with E-state index in [9.17, 15) is 9.90 Å². The summed E-state index contributed by atoms with van der Waals surface area (Å²) in [6, 6.07) is 3.37. The molecule has 1 atom stereocenters. The summed E-state index contributed by atoms with van der Waals surface area (Å²) >= 11 is 0. The molecule has 0 aliphatic carbocycles. The summed E-state index contributed by atoms with van der Waals surface area (Å²) < 4.78 is 0. The van der Waals surface area contributed by atoms with Gasteiger partial charge in [0.1, 0.15) is 5.82 Å². The highest BCUT2D eigenvalue weighted by Crippen LogP contribution is 2.22. The molecule has 1 aromatic rings. The van der Waals surface area contributed by atoms with Crippen molar-refractivity contribution in [3.05, 3.63) is 23.9 Å². The summed E-state index contributed by atoms with van der Waals surface area (Å²) in [4.78, 5) is 18.1. The first kappa shape index (κ1) is 13.8. The van der Waals surface area contributed by atoms with E-state index in [-0.39, 0.29) is 5.91 Å². The van der Waals surface area contributed by atoms with Crippen molar-refractivity contribution in [3.63, 3.8) is 0 Å². The van der Waals surface area contributed by atoms with Gasteiger partial charge in [-0.3, -0.25) is 4.79 Å². The van der Waals surface area contributed by atoms with Crippen LogP contribution in [0.3, 0.4) is 0 Å². The summed E-state index contributed by atoms with van der Waals surface area (Å²) in [6.07, 6.45) is 3.66. The molecule has 6 nitrogen and oxygen atoms in total. The number of hydrazine groups is 1. The molecule has 6 heteroatoms. The zero-order valence-electron chi connectivity index (χ0n) is 11.1. The van der Waals surface area contributed by atoms with Crippen LogP contribution in [0.4, 0.5) is 5.82 Å². The molecule has 1 unspecified atom stereocenters. The molecule has 1 amide bonds. The summed E-state index contributed by atoms with van der Waals surface area (Å²) in [5, 5.41) is 10.0. The molecule has 1 aliphatic heterocycles. The lowest BCUT2D eigenvalue weighted by atomic mass is 9.98. The number of carbonyl (C=O) groups excluding carboxylic acids is 1. The third-order valence-electron chi connectivity index (χ3n) is 3.51. The molecule has 0 aromatic carbocycles. The molecule has 0 bridgehead atoms. The minimum Gasteiger partial charge on any atom is -0.390 e. The normalized spacial score (nSPS) is 23.8. The van der Waals surface area contributed by atoms with Crippen molar-refractivity contribution in [1.82, 2.24) is 9.88 Å². The maximum Gasteiger partial charge on any atom is 0.255 e. The lowest BCUT2D eigenvalue weighted by Crippen LogP contribution is -2.33. The molecular formula is C13H20N4O2. The minimum atomic E-state index is -0.666. The van der Waals surface area contributed by atoms with Crippen molar-refractivity contribution in [2.24, 2.45) is 5.84 Å². The number of pyridine rings is 1. The van der Waals surface area contributed by atoms with Crippen molar-refractivity contribution in [1.29, 1.82) is 0 Å². The zero-order chi connectivity index (χ0) is 13.9. The number of amides is 1. The first-order valence-electron chi connectivity index (χ1n) is 6.46. The van der Waals surface area contributed by atoms with Gasteiger partial charge in [-0.2, -0.15) is 0 Å². The van der Waals surface area contributed by atoms with Crippen LogP contribution in [0.15, 0.2) is 18.3 Å². The van der Waals surface area contributed by atoms with Gasteiger partial charge in [-0.05, 0) is 38.3 Å². The predicted molar refractivity (Wildman–Crippen MR) is 72.4 cm³/mol. The number of nitrogen functional groups attached to an aromatic ring is 1. The number of likely N-dealkylation sites (tertiary alicyclic amines) is 1. The van der Waals surface area contributed by atoms with Gasteiger partial charge in [0.15, 0.2) is 0 Å². The molecule has 0 radical (unpaired) electrons. The van der Waals surface area contributed by atoms with Crippen LogP contribution in [0.25, 0.3) is 0 Å². The smallest absolute Gasteiger partial charge is 0.255 e. The maximum atomic E-state index is 12.3. The van der Waals surface area contributed by atoms with E-state index < -0.39 is 5.60 Å². The Balaban J connectivity index is 2.06. The zero-order valence-corrected chi connectivity index (χ0v) is 11.1. The van der Waals surface area contributed by atoms with Crippen LogP contribution in [0.5, 0.6) is 0 Å². The molecule has 2 heterocycles. The fourth-order valence-corrected chi connectivity index (χ4v) is 2.25. The van der Waals surface area contributed by atoms with Crippen LogP contribution in [0.2, 0.25) is 0 Å². The highest BCUT2D eigenvalue weighted by atomic mass is 16.3. The third-order valence-corrected chi connectivity index (χ3v) is 3.51. The number of nitrogens with zero attached hydrogens (tertiary/aromatic N) is 2. The molecule has 19 heavy (non-hydrogen) atoms. The fraction of sp³-hybridized carbons (Fsp3) is 0.538. The number of aliphatic hydroxyl groups is 1. The number of nitrogens with two attached hydrogens (primary N) is 1. The molecule has 104 valence electrons. The van der Waals surface area contributed by atoms with E-state index in [1.54, 1.807) is 17.0 Å². The predicted octanol–water partition coefficient (Wildman–Crippen LogP) is 0.744. The van der Waals surface area contributed by atoms with Gasteiger partial charge in [0.25, 0.3) is 5.91 Å². The highest BCUT2D eigenvalue weighted by molar-refractivity contribution is 5.94. The Morgan fingerprint density at radius 3 is 2.89 bits per heavy atom. The number of rotatable bonds is 2. The SMILES string of the molecule is CC1(O)CCCN(C(=O)c2ccc(NN)nc2)CC1. The highest BCUT2D eigenvalue weighted by Gasteiger charge is 2.27. The van der Waals surface area contributed by atoms with Crippen LogP contribution in [-0.2, 0) is 0 Å². The standard InChI is InChI=1S/C13H20N4O2/c1-13(19)5-2-7-17(8-6-13)12(18)10-3-4-11(16-14)15-9-10/h3-4,9,19H,2,5-8,14H2,1H3,(H,15,16). The molecule has 4 N–H and O–H groups in total. The average molecular weight is 264 g/mol. The van der Waals surface area contributed by atoms with Crippen molar-refractivity contribution in [3.8, 4) is 0 Å². The quantitative estimate of drug-likeness (QED) is 0.541. The van der Waals surface area contributed by atoms with Gasteiger partial charge in [0, 0.05) is 19.3 Å². The molecule has 1 aliphatic rings. The second-order valence-corrected chi connectivity index (χ2v) is 5.22. The number of hydrogen-bond acceptors (Lipinski definition) is 5. The van der Waals surface area contributed by atoms with E-state index in [0.29, 0.717) is 30.9 Å². The van der Waals surface area contributed by atoms with Crippen molar-refractivity contribution in [2.75, 3.05) is 18.5 Å². The van der Waals surface area contributed by atoms with Crippen molar-refractivity contribution < 1.29 is 9.90 Å². The van der Waals surface area contributed by atoms with E-state index in [0.717, 1.165) is 12.8 Å². The first-order valence-corrected chi connectivity index (χ1v) is 6.46. The summed E-state index contributed by atoms with van der Waals surface area (Å²) in [7, 11) is 0. The molecule has 2 rings (SSSR count). The van der Waals surface area contributed by atoms with Gasteiger partial charge < -0.3 is 15.4 Å². The van der Waals surface area contributed by atoms with E-state index in [1.165, 1.54) is 6.20 Å². The topological polar surface area (TPSA) is 91.5 Å². The Bertz CT molecular complexity index is 444. The molecule has 1 aromatic heterocycles. The van der Waals surface area contributed by atoms with Crippen LogP contribution in [0.1, 0.15) is 36.5 Å². The van der Waals surface area contributed by atoms with E-state index >= 15 is 0 Å². The molecule has 0 spiro atoms. The fourth-order valence-electron chi connectivity index (χ4n) is 2.25. The van der Waals surface area contributed by atoms with Gasteiger partial charge in [-0.15, -0.1) is 0 Å². The molecular weight excluding hydrogens is 244 g/mol. The van der Waals surface area contributed by atoms with Gasteiger partial charge >= 0.3 is 0 Å². The average Bonchev–Trinajstić information content (AvgIpc) is 2.59. The van der Waals surface area contributed by atoms with Gasteiger partial charge in [-0.1, -0.05) is 0 Å². The van der Waals surface area contributed by atoms with Crippen LogP contribution >= 0.6 is 0 Å². The largest absolute Gasteiger partial charge is 0.390 e. The lowest BCUT2D eigenvalue weighted by Gasteiger charge is -2.22. The van der Waals surface area contributed by atoms with Crippen molar-refractivity contribution >= 4 is 11.7 Å². The summed E-state index contributed by atoms with van der Waals surface area (Å²) in [5.74, 6) is 5.71. The summed E-state index contributed by atoms with van der Waals surface area (Å²) in [5.41, 5.74) is 2.30. The number of anilines is 1. The van der Waals surface area contributed by atoms with Gasteiger partial charge in [0.05, 0.1) is 11.2 Å². The van der Waals surface area contributed by atoms with E-state index in [1.807, 2.05) is 6.92 Å². The molecule has 1 fully saturated rings. The van der Waals surface area contributed by atoms with Crippen LogP contribution in [-0.4, -0.2) is 39.6 Å². The van der Waals surface area contributed by atoms with E-state index in [2.05, 4.69) is 10.4 Å². The summed E-state index contributed by atoms with van der Waals surface area (Å²) in [6.45, 7) is 3.07. The second-order valence-electron chi connectivity index (χ2n) is 5.22. The molecule has 1 saturated heterocycles. The maximum absolute atomic E-state index is 12.3. The van der Waals surface area contributed by atoms with Crippen LogP contribution in [0, 0.1) is 0 Å². The number of aromatic nitrogens is 1. The minimum absolute atomic E-state index is 0.0474. The number of nitrogens with one attached hydrogen (secondary N) is 1. The van der Waals surface area contributed by atoms with Gasteiger partial charge in [0.2, 0.25) is 0 Å². The molecule has 0 saturated carbocycles. The van der Waals surface area contributed by atoms with Gasteiger partial charge in [-0.25, -0.2) is 10.8 Å². The van der Waals surface area contributed by atoms with Crippen LogP contribution < -0.4 is 11.3 Å². The third kappa shape index (κ3) is 3.42.